The van der Waals surface area contributed by atoms with Gasteiger partial charge in [0, 0.05) is 30.4 Å². The highest BCUT2D eigenvalue weighted by molar-refractivity contribution is 6.30. The molecule has 0 unspecified atom stereocenters. The highest BCUT2D eigenvalue weighted by Gasteiger charge is 2.31. The molecular weight excluding hydrogens is 412 g/mol. The Balaban J connectivity index is 1.64. The quantitative estimate of drug-likeness (QED) is 0.420. The largest absolute Gasteiger partial charge is 0.439 e. The van der Waals surface area contributed by atoms with Crippen LogP contribution in [0.1, 0.15) is 16.7 Å². The van der Waals surface area contributed by atoms with E-state index in [0.717, 1.165) is 24.4 Å². The first-order valence-electron chi connectivity index (χ1n) is 8.44. The normalized spacial score (nSPS) is 11.4. The maximum absolute atomic E-state index is 14.3. The number of rotatable bonds is 6. The van der Waals surface area contributed by atoms with E-state index in [2.05, 4.69) is 20.3 Å². The smallest absolute Gasteiger partial charge is 0.416 e. The molecule has 3 aromatic rings. The highest BCUT2D eigenvalue weighted by Crippen LogP contribution is 2.32. The summed E-state index contributed by atoms with van der Waals surface area (Å²) in [6.07, 6.45) is -1.87. The van der Waals surface area contributed by atoms with Gasteiger partial charge in [-0.2, -0.15) is 13.2 Å². The molecule has 1 aromatic carbocycles. The Hall–Kier alpha value is -2.94. The number of alkyl halides is 3. The lowest BCUT2D eigenvalue weighted by Crippen LogP contribution is -2.09. The Morgan fingerprint density at radius 1 is 1.10 bits per heavy atom. The Bertz CT molecular complexity index is 1010. The van der Waals surface area contributed by atoms with Gasteiger partial charge in [-0.05, 0) is 31.0 Å². The summed E-state index contributed by atoms with van der Waals surface area (Å²) in [5.41, 5.74) is 0.192. The van der Waals surface area contributed by atoms with Crippen molar-refractivity contribution in [2.45, 2.75) is 19.5 Å². The number of nitrogens with one attached hydrogen (secondary N) is 1. The van der Waals surface area contributed by atoms with Gasteiger partial charge in [-0.1, -0.05) is 17.7 Å². The second-order valence-electron chi connectivity index (χ2n) is 6.05. The van der Waals surface area contributed by atoms with Crippen molar-refractivity contribution >= 4 is 17.4 Å². The van der Waals surface area contributed by atoms with Crippen molar-refractivity contribution in [1.82, 2.24) is 15.0 Å². The van der Waals surface area contributed by atoms with Crippen molar-refractivity contribution in [2.24, 2.45) is 0 Å². The molecule has 0 radical (unpaired) electrons. The van der Waals surface area contributed by atoms with Crippen LogP contribution in [0.4, 0.5) is 23.4 Å². The van der Waals surface area contributed by atoms with Gasteiger partial charge in [0.25, 0.3) is 0 Å². The molecule has 10 heteroatoms. The second-order valence-corrected chi connectivity index (χ2v) is 6.41. The minimum atomic E-state index is -4.52. The third-order valence-corrected chi connectivity index (χ3v) is 4.40. The van der Waals surface area contributed by atoms with E-state index >= 15 is 0 Å². The zero-order valence-corrected chi connectivity index (χ0v) is 15.9. The van der Waals surface area contributed by atoms with Gasteiger partial charge >= 0.3 is 6.18 Å². The number of hydrogen-bond acceptors (Lipinski definition) is 5. The standard InChI is InChI=1S/C19H15ClF4N4O/c1-11-17(20)27-10-28-18(11)26-6-4-12-2-3-14(9-15(12)21)29-16-8-13(5-7-25-16)19(22,23)24/h2-3,5,7-10H,4,6H2,1H3,(H,26,27,28). The van der Waals surface area contributed by atoms with Crippen LogP contribution in [0.3, 0.4) is 0 Å². The summed E-state index contributed by atoms with van der Waals surface area (Å²) in [5.74, 6) is -0.219. The first-order valence-corrected chi connectivity index (χ1v) is 8.82. The maximum Gasteiger partial charge on any atom is 0.416 e. The molecule has 0 aliphatic carbocycles. The van der Waals surface area contributed by atoms with E-state index in [1.807, 2.05) is 0 Å². The van der Waals surface area contributed by atoms with E-state index in [4.69, 9.17) is 16.3 Å². The lowest BCUT2D eigenvalue weighted by atomic mass is 10.1. The fourth-order valence-electron chi connectivity index (χ4n) is 2.48. The van der Waals surface area contributed by atoms with Crippen LogP contribution in [0.25, 0.3) is 0 Å². The zero-order valence-electron chi connectivity index (χ0n) is 15.1. The molecule has 0 bridgehead atoms. The van der Waals surface area contributed by atoms with E-state index < -0.39 is 17.6 Å². The Morgan fingerprint density at radius 3 is 2.62 bits per heavy atom. The van der Waals surface area contributed by atoms with Crippen LogP contribution in [0.15, 0.2) is 42.9 Å². The summed E-state index contributed by atoms with van der Waals surface area (Å²) in [7, 11) is 0. The van der Waals surface area contributed by atoms with Crippen LogP contribution in [-0.2, 0) is 12.6 Å². The van der Waals surface area contributed by atoms with Crippen LogP contribution in [-0.4, -0.2) is 21.5 Å². The van der Waals surface area contributed by atoms with Crippen LogP contribution in [0.2, 0.25) is 5.15 Å². The molecule has 2 aromatic heterocycles. The zero-order chi connectivity index (χ0) is 21.0. The van der Waals surface area contributed by atoms with Crippen molar-refractivity contribution in [2.75, 3.05) is 11.9 Å². The molecule has 0 aliphatic rings. The molecule has 5 nitrogen and oxygen atoms in total. The van der Waals surface area contributed by atoms with Gasteiger partial charge in [0.1, 0.15) is 28.9 Å². The molecule has 0 saturated carbocycles. The first kappa shape index (κ1) is 20.8. The fraction of sp³-hybridized carbons (Fsp3) is 0.211. The molecule has 0 fully saturated rings. The van der Waals surface area contributed by atoms with Crippen LogP contribution >= 0.6 is 11.6 Å². The van der Waals surface area contributed by atoms with E-state index in [1.165, 1.54) is 18.5 Å². The number of nitrogens with zero attached hydrogens (tertiary/aromatic N) is 3. The number of pyridine rings is 1. The van der Waals surface area contributed by atoms with Gasteiger partial charge in [-0.25, -0.2) is 19.3 Å². The first-order chi connectivity index (χ1) is 13.7. The van der Waals surface area contributed by atoms with Crippen molar-refractivity contribution in [1.29, 1.82) is 0 Å². The topological polar surface area (TPSA) is 59.9 Å². The van der Waals surface area contributed by atoms with Gasteiger partial charge in [-0.3, -0.25) is 0 Å². The summed E-state index contributed by atoms with van der Waals surface area (Å²) >= 11 is 5.92. The van der Waals surface area contributed by atoms with E-state index in [1.54, 1.807) is 6.92 Å². The molecule has 0 aliphatic heterocycles. The monoisotopic (exact) mass is 426 g/mol. The minimum Gasteiger partial charge on any atom is -0.439 e. The van der Waals surface area contributed by atoms with Gasteiger partial charge in [0.05, 0.1) is 5.56 Å². The van der Waals surface area contributed by atoms with Gasteiger partial charge in [0.2, 0.25) is 5.88 Å². The fourth-order valence-corrected chi connectivity index (χ4v) is 2.61. The maximum atomic E-state index is 14.3. The average molecular weight is 427 g/mol. The summed E-state index contributed by atoms with van der Waals surface area (Å²) < 4.78 is 57.8. The number of hydrogen-bond donors (Lipinski definition) is 1. The van der Waals surface area contributed by atoms with Gasteiger partial charge < -0.3 is 10.1 Å². The minimum absolute atomic E-state index is 0.0458. The highest BCUT2D eigenvalue weighted by atomic mass is 35.5. The molecule has 0 spiro atoms. The SMILES string of the molecule is Cc1c(Cl)ncnc1NCCc1ccc(Oc2cc(C(F)(F)F)ccn2)cc1F. The van der Waals surface area contributed by atoms with Crippen molar-refractivity contribution in [3.63, 3.8) is 0 Å². The van der Waals surface area contributed by atoms with Crippen molar-refractivity contribution in [3.05, 3.63) is 70.5 Å². The Labute approximate surface area is 168 Å². The second kappa shape index (κ2) is 8.60. The summed E-state index contributed by atoms with van der Waals surface area (Å²) in [6.45, 7) is 2.15. The number of aromatic nitrogens is 3. The van der Waals surface area contributed by atoms with E-state index in [9.17, 15) is 17.6 Å². The van der Waals surface area contributed by atoms with Gasteiger partial charge in [0.15, 0.2) is 0 Å². The predicted molar refractivity (Wildman–Crippen MR) is 99.7 cm³/mol. The molecule has 29 heavy (non-hydrogen) atoms. The molecule has 2 heterocycles. The summed E-state index contributed by atoms with van der Waals surface area (Å²) in [6, 6.07) is 5.65. The third kappa shape index (κ3) is 5.32. The van der Waals surface area contributed by atoms with Crippen LogP contribution in [0.5, 0.6) is 11.6 Å². The van der Waals surface area contributed by atoms with Gasteiger partial charge in [-0.15, -0.1) is 0 Å². The number of anilines is 1. The number of benzene rings is 1. The molecule has 1 N–H and O–H groups in total. The Kier molecular flexibility index (Phi) is 6.17. The number of halogens is 5. The third-order valence-electron chi connectivity index (χ3n) is 4.02. The Morgan fingerprint density at radius 2 is 1.90 bits per heavy atom. The lowest BCUT2D eigenvalue weighted by molar-refractivity contribution is -0.137. The molecule has 3 rings (SSSR count). The predicted octanol–water partition coefficient (Wildman–Crippen LogP) is 5.44. The van der Waals surface area contributed by atoms with E-state index in [-0.39, 0.29) is 11.6 Å². The van der Waals surface area contributed by atoms with Crippen molar-refractivity contribution in [3.8, 4) is 11.6 Å². The van der Waals surface area contributed by atoms with E-state index in [0.29, 0.717) is 35.1 Å². The molecule has 152 valence electrons. The molecule has 0 atom stereocenters. The average Bonchev–Trinajstić information content (AvgIpc) is 2.66. The summed E-state index contributed by atoms with van der Waals surface area (Å²) in [4.78, 5) is 11.6. The van der Waals surface area contributed by atoms with Crippen molar-refractivity contribution < 1.29 is 22.3 Å². The number of ether oxygens (including phenoxy) is 1. The summed E-state index contributed by atoms with van der Waals surface area (Å²) in [5, 5.41) is 3.39. The molecule has 0 amide bonds. The van der Waals surface area contributed by atoms with Crippen LogP contribution < -0.4 is 10.1 Å². The molecule has 0 saturated heterocycles. The lowest BCUT2D eigenvalue weighted by Gasteiger charge is -2.11. The molecular formula is C19H15ClF4N4O. The van der Waals surface area contributed by atoms with Crippen LogP contribution in [0, 0.1) is 12.7 Å².